The van der Waals surface area contributed by atoms with Gasteiger partial charge in [0, 0.05) is 35.4 Å². The highest BCUT2D eigenvalue weighted by atomic mass is 19.1. The van der Waals surface area contributed by atoms with Gasteiger partial charge in [-0.1, -0.05) is 24.3 Å². The van der Waals surface area contributed by atoms with E-state index in [1.807, 2.05) is 30.6 Å². The number of halogens is 1. The summed E-state index contributed by atoms with van der Waals surface area (Å²) in [4.78, 5) is 10.4. The standard InChI is InChI=1S/C27H24FN5/c28-21-8-6-19(7-9-21)22-4-3-5-24-23(22)13-26(30-24)27-14-25(31-32-27)20-12-18(15-29-16-20)17-33-10-1-2-11-33/h3-9,12-16,30H,1-2,10-11,17H2,(H,31,32). The molecule has 0 atom stereocenters. The predicted octanol–water partition coefficient (Wildman–Crippen LogP) is 6.02. The summed E-state index contributed by atoms with van der Waals surface area (Å²) in [5, 5.41) is 8.82. The molecule has 3 aromatic heterocycles. The molecule has 5 aromatic rings. The number of rotatable bonds is 5. The Morgan fingerprint density at radius 2 is 1.73 bits per heavy atom. The normalized spacial score (nSPS) is 14.3. The van der Waals surface area contributed by atoms with E-state index in [0.29, 0.717) is 0 Å². The molecule has 0 unspecified atom stereocenters. The molecule has 164 valence electrons. The van der Waals surface area contributed by atoms with Crippen molar-refractivity contribution in [3.63, 3.8) is 0 Å². The van der Waals surface area contributed by atoms with Crippen LogP contribution in [0.3, 0.4) is 0 Å². The molecule has 1 saturated heterocycles. The number of hydrogen-bond donors (Lipinski definition) is 2. The summed E-state index contributed by atoms with van der Waals surface area (Å²) in [6.45, 7) is 3.26. The van der Waals surface area contributed by atoms with Crippen LogP contribution in [-0.4, -0.2) is 38.2 Å². The third-order valence-corrected chi connectivity index (χ3v) is 6.38. The molecule has 0 aliphatic carbocycles. The maximum absolute atomic E-state index is 13.4. The molecule has 2 aromatic carbocycles. The average Bonchev–Trinajstić information content (AvgIpc) is 3.60. The van der Waals surface area contributed by atoms with E-state index in [-0.39, 0.29) is 5.82 Å². The Balaban J connectivity index is 1.31. The summed E-state index contributed by atoms with van der Waals surface area (Å²) < 4.78 is 13.4. The molecular formula is C27H24FN5. The summed E-state index contributed by atoms with van der Waals surface area (Å²) in [5.41, 5.74) is 8.05. The Hall–Kier alpha value is -3.77. The van der Waals surface area contributed by atoms with Crippen LogP contribution in [0.5, 0.6) is 0 Å². The van der Waals surface area contributed by atoms with Crippen LogP contribution in [0.25, 0.3) is 44.7 Å². The first-order valence-corrected chi connectivity index (χ1v) is 11.3. The molecule has 0 amide bonds. The van der Waals surface area contributed by atoms with Gasteiger partial charge in [0.15, 0.2) is 0 Å². The summed E-state index contributed by atoms with van der Waals surface area (Å²) >= 11 is 0. The summed E-state index contributed by atoms with van der Waals surface area (Å²) in [7, 11) is 0. The first-order chi connectivity index (χ1) is 16.2. The maximum atomic E-state index is 13.4. The molecule has 2 N–H and O–H groups in total. The van der Waals surface area contributed by atoms with E-state index >= 15 is 0 Å². The van der Waals surface area contributed by atoms with Crippen LogP contribution < -0.4 is 0 Å². The minimum absolute atomic E-state index is 0.232. The molecule has 0 bridgehead atoms. The van der Waals surface area contributed by atoms with Crippen molar-refractivity contribution in [3.05, 3.63) is 84.4 Å². The molecule has 4 heterocycles. The molecule has 6 heteroatoms. The van der Waals surface area contributed by atoms with Crippen molar-refractivity contribution in [1.29, 1.82) is 0 Å². The van der Waals surface area contributed by atoms with Gasteiger partial charge in [0.1, 0.15) is 5.82 Å². The molecule has 5 nitrogen and oxygen atoms in total. The molecule has 6 rings (SSSR count). The SMILES string of the molecule is Fc1ccc(-c2cccc3[nH]c(-c4cc(-c5cncc(CN6CCCC6)c5)n[nH]4)cc23)cc1. The second kappa shape index (κ2) is 8.30. The zero-order valence-corrected chi connectivity index (χ0v) is 18.2. The third-order valence-electron chi connectivity index (χ3n) is 6.38. The number of fused-ring (bicyclic) bond motifs is 1. The highest BCUT2D eigenvalue weighted by Gasteiger charge is 2.14. The fourth-order valence-electron chi connectivity index (χ4n) is 4.70. The van der Waals surface area contributed by atoms with Crippen LogP contribution in [-0.2, 0) is 6.54 Å². The lowest BCUT2D eigenvalue weighted by Gasteiger charge is -2.14. The molecule has 33 heavy (non-hydrogen) atoms. The Morgan fingerprint density at radius 1 is 0.879 bits per heavy atom. The number of hydrogen-bond acceptors (Lipinski definition) is 3. The van der Waals surface area contributed by atoms with Crippen LogP contribution >= 0.6 is 0 Å². The number of aromatic amines is 2. The van der Waals surface area contributed by atoms with Crippen molar-refractivity contribution >= 4 is 10.9 Å². The minimum Gasteiger partial charge on any atom is -0.353 e. The highest BCUT2D eigenvalue weighted by Crippen LogP contribution is 2.33. The van der Waals surface area contributed by atoms with Crippen molar-refractivity contribution < 1.29 is 4.39 Å². The lowest BCUT2D eigenvalue weighted by molar-refractivity contribution is 0.331. The van der Waals surface area contributed by atoms with Crippen molar-refractivity contribution in [1.82, 2.24) is 25.1 Å². The Labute approximate surface area is 191 Å². The molecule has 1 aliphatic heterocycles. The Bertz CT molecular complexity index is 1410. The maximum Gasteiger partial charge on any atom is 0.123 e. The quantitative estimate of drug-likeness (QED) is 0.353. The summed E-state index contributed by atoms with van der Waals surface area (Å²) in [6.07, 6.45) is 6.38. The summed E-state index contributed by atoms with van der Waals surface area (Å²) in [6, 6.07) is 19.1. The van der Waals surface area contributed by atoms with Crippen LogP contribution in [0.4, 0.5) is 4.39 Å². The van der Waals surface area contributed by atoms with Crippen molar-refractivity contribution in [2.75, 3.05) is 13.1 Å². The van der Waals surface area contributed by atoms with Gasteiger partial charge < -0.3 is 4.98 Å². The molecular weight excluding hydrogens is 413 g/mol. The van der Waals surface area contributed by atoms with Gasteiger partial charge in [0.25, 0.3) is 0 Å². The predicted molar refractivity (Wildman–Crippen MR) is 129 cm³/mol. The number of aromatic nitrogens is 4. The van der Waals surface area contributed by atoms with E-state index in [0.717, 1.165) is 64.3 Å². The fourth-order valence-corrected chi connectivity index (χ4v) is 4.70. The van der Waals surface area contributed by atoms with Crippen molar-refractivity contribution in [2.24, 2.45) is 0 Å². The lowest BCUT2D eigenvalue weighted by atomic mass is 10.0. The van der Waals surface area contributed by atoms with E-state index in [2.05, 4.69) is 55.4 Å². The van der Waals surface area contributed by atoms with Gasteiger partial charge in [-0.3, -0.25) is 15.0 Å². The number of benzene rings is 2. The lowest BCUT2D eigenvalue weighted by Crippen LogP contribution is -2.18. The van der Waals surface area contributed by atoms with Crippen LogP contribution in [0.2, 0.25) is 0 Å². The second-order valence-corrected chi connectivity index (χ2v) is 8.69. The molecule has 0 radical (unpaired) electrons. The first kappa shape index (κ1) is 19.9. The van der Waals surface area contributed by atoms with Gasteiger partial charge in [-0.15, -0.1) is 0 Å². The number of H-pyrrole nitrogens is 2. The highest BCUT2D eigenvalue weighted by molar-refractivity contribution is 5.98. The Kier molecular flexibility index (Phi) is 5.00. The van der Waals surface area contributed by atoms with Crippen LogP contribution in [0, 0.1) is 5.82 Å². The van der Waals surface area contributed by atoms with E-state index < -0.39 is 0 Å². The van der Waals surface area contributed by atoms with Gasteiger partial charge in [0.05, 0.1) is 17.1 Å². The monoisotopic (exact) mass is 437 g/mol. The van der Waals surface area contributed by atoms with Gasteiger partial charge in [0.2, 0.25) is 0 Å². The Morgan fingerprint density at radius 3 is 2.58 bits per heavy atom. The number of nitrogens with zero attached hydrogens (tertiary/aromatic N) is 3. The van der Waals surface area contributed by atoms with Crippen LogP contribution in [0.15, 0.2) is 73.1 Å². The van der Waals surface area contributed by atoms with Gasteiger partial charge in [-0.05, 0) is 79.0 Å². The second-order valence-electron chi connectivity index (χ2n) is 8.69. The third kappa shape index (κ3) is 3.94. The van der Waals surface area contributed by atoms with Crippen LogP contribution in [0.1, 0.15) is 18.4 Å². The van der Waals surface area contributed by atoms with Gasteiger partial charge in [-0.2, -0.15) is 5.10 Å². The van der Waals surface area contributed by atoms with Crippen molar-refractivity contribution in [3.8, 4) is 33.8 Å². The topological polar surface area (TPSA) is 60.6 Å². The molecule has 1 fully saturated rings. The first-order valence-electron chi connectivity index (χ1n) is 11.3. The number of nitrogens with one attached hydrogen (secondary N) is 2. The van der Waals surface area contributed by atoms with E-state index in [4.69, 9.17) is 0 Å². The number of likely N-dealkylation sites (tertiary alicyclic amines) is 1. The van der Waals surface area contributed by atoms with Gasteiger partial charge >= 0.3 is 0 Å². The molecule has 0 spiro atoms. The minimum atomic E-state index is -0.232. The van der Waals surface area contributed by atoms with E-state index in [1.165, 1.54) is 30.5 Å². The average molecular weight is 438 g/mol. The zero-order chi connectivity index (χ0) is 22.2. The molecule has 1 aliphatic rings. The van der Waals surface area contributed by atoms with Gasteiger partial charge in [-0.25, -0.2) is 4.39 Å². The smallest absolute Gasteiger partial charge is 0.123 e. The molecule has 0 saturated carbocycles. The number of pyridine rings is 1. The van der Waals surface area contributed by atoms with E-state index in [9.17, 15) is 4.39 Å². The summed E-state index contributed by atoms with van der Waals surface area (Å²) in [5.74, 6) is -0.232. The zero-order valence-electron chi connectivity index (χ0n) is 18.2. The van der Waals surface area contributed by atoms with E-state index in [1.54, 1.807) is 0 Å². The van der Waals surface area contributed by atoms with Crippen molar-refractivity contribution in [2.45, 2.75) is 19.4 Å². The largest absolute Gasteiger partial charge is 0.353 e. The fraction of sp³-hybridized carbons (Fsp3) is 0.185.